The topological polar surface area (TPSA) is 16.3 Å². The van der Waals surface area contributed by atoms with E-state index in [0.717, 1.165) is 34.1 Å². The molecular weight excluding hydrogens is 1100 g/mol. The van der Waals surface area contributed by atoms with E-state index in [1.54, 1.807) is 0 Å². The van der Waals surface area contributed by atoms with Gasteiger partial charge in [-0.05, 0) is 178 Å². The van der Waals surface area contributed by atoms with Crippen LogP contribution in [-0.2, 0) is 5.41 Å². The summed E-state index contributed by atoms with van der Waals surface area (Å²) in [5, 5.41) is 15.1. The minimum atomic E-state index is -0.222. The first-order valence-electron chi connectivity index (χ1n) is 31.8. The van der Waals surface area contributed by atoms with Crippen molar-refractivity contribution >= 4 is 144 Å². The lowest BCUT2D eigenvalue weighted by molar-refractivity contribution is 0.590. The van der Waals surface area contributed by atoms with Crippen molar-refractivity contribution in [1.29, 1.82) is 0 Å². The average Bonchev–Trinajstić information content (AvgIpc) is 1.11. The number of hydrogen-bond acceptors (Lipinski definition) is 2. The third-order valence-corrected chi connectivity index (χ3v) is 20.0. The number of hydrogen-bond donors (Lipinski definition) is 0. The van der Waals surface area contributed by atoms with Crippen LogP contribution >= 0.6 is 0 Å². The Hall–Kier alpha value is -11.4. The summed E-state index contributed by atoms with van der Waals surface area (Å²) in [4.78, 5) is 5.19. The van der Waals surface area contributed by atoms with E-state index in [0.29, 0.717) is 0 Å². The molecule has 0 aliphatic carbocycles. The van der Waals surface area contributed by atoms with Crippen LogP contribution < -0.4 is 26.2 Å². The van der Waals surface area contributed by atoms with Crippen molar-refractivity contribution in [3.63, 3.8) is 0 Å². The molecule has 2 aliphatic heterocycles. The van der Waals surface area contributed by atoms with Crippen LogP contribution in [0.4, 0.5) is 34.1 Å². The zero-order valence-electron chi connectivity index (χ0n) is 50.7. The molecule has 0 spiro atoms. The smallest absolute Gasteiger partial charge is 0.252 e. The highest BCUT2D eigenvalue weighted by Gasteiger charge is 2.45. The lowest BCUT2D eigenvalue weighted by Gasteiger charge is -2.45. The molecule has 0 bridgehead atoms. The summed E-state index contributed by atoms with van der Waals surface area (Å²) in [7, 11) is 0. The summed E-state index contributed by atoms with van der Waals surface area (Å²) in [6.45, 7) is 6.97. The van der Waals surface area contributed by atoms with E-state index in [-0.39, 0.29) is 12.1 Å². The van der Waals surface area contributed by atoms with Gasteiger partial charge in [-0.2, -0.15) is 0 Å². The molecule has 426 valence electrons. The first-order chi connectivity index (χ1) is 44.8. The fourth-order valence-corrected chi connectivity index (χ4v) is 15.8. The number of nitrogens with zero attached hydrogens (tertiary/aromatic N) is 4. The Morgan fingerprint density at radius 1 is 0.264 bits per heavy atom. The van der Waals surface area contributed by atoms with Crippen molar-refractivity contribution < 1.29 is 0 Å². The fourth-order valence-electron chi connectivity index (χ4n) is 15.8. The number of benzene rings is 15. The van der Waals surface area contributed by atoms with Crippen molar-refractivity contribution in [2.45, 2.75) is 26.2 Å². The van der Waals surface area contributed by atoms with Crippen LogP contribution in [0.2, 0.25) is 0 Å². The number of rotatable bonds is 6. The van der Waals surface area contributed by atoms with Gasteiger partial charge in [-0.15, -0.1) is 0 Å². The Kier molecular flexibility index (Phi) is 11.1. The highest BCUT2D eigenvalue weighted by molar-refractivity contribution is 7.00. The van der Waals surface area contributed by atoms with E-state index >= 15 is 0 Å². The molecule has 91 heavy (non-hydrogen) atoms. The van der Waals surface area contributed by atoms with E-state index in [1.165, 1.54) is 142 Å². The maximum Gasteiger partial charge on any atom is 0.252 e. The predicted octanol–water partition coefficient (Wildman–Crippen LogP) is 21.2. The molecule has 0 atom stereocenters. The van der Waals surface area contributed by atoms with Crippen LogP contribution in [0.1, 0.15) is 26.3 Å². The Balaban J connectivity index is 0.907. The Morgan fingerprint density at radius 3 is 0.912 bits per heavy atom. The molecule has 0 saturated heterocycles. The van der Waals surface area contributed by atoms with E-state index in [9.17, 15) is 0 Å². The van der Waals surface area contributed by atoms with Crippen LogP contribution in [-0.4, -0.2) is 15.8 Å². The van der Waals surface area contributed by atoms with Crippen molar-refractivity contribution in [3.05, 3.63) is 309 Å². The number of anilines is 6. The second-order valence-corrected chi connectivity index (χ2v) is 26.0. The van der Waals surface area contributed by atoms with Gasteiger partial charge in [-0.25, -0.2) is 0 Å². The molecule has 4 heterocycles. The summed E-state index contributed by atoms with van der Waals surface area (Å²) in [5.41, 5.74) is 23.5. The highest BCUT2D eigenvalue weighted by atomic mass is 15.2. The van der Waals surface area contributed by atoms with Crippen LogP contribution in [0.15, 0.2) is 303 Å². The molecule has 19 rings (SSSR count). The maximum atomic E-state index is 2.60. The summed E-state index contributed by atoms with van der Waals surface area (Å²) >= 11 is 0. The molecule has 17 aromatic rings. The van der Waals surface area contributed by atoms with Gasteiger partial charge in [0.05, 0.1) is 22.1 Å². The van der Waals surface area contributed by atoms with Crippen LogP contribution in [0.3, 0.4) is 0 Å². The first kappa shape index (κ1) is 51.6. The first-order valence-corrected chi connectivity index (χ1v) is 31.8. The summed E-state index contributed by atoms with van der Waals surface area (Å²) < 4.78 is 5.07. The molecule has 2 aliphatic rings. The minimum Gasteiger partial charge on any atom is -0.311 e. The second-order valence-electron chi connectivity index (χ2n) is 26.0. The quantitative estimate of drug-likeness (QED) is 0.154. The van der Waals surface area contributed by atoms with Crippen molar-refractivity contribution in [3.8, 4) is 33.6 Å². The molecule has 0 saturated carbocycles. The molecule has 0 amide bonds. The van der Waals surface area contributed by atoms with Gasteiger partial charge in [0, 0.05) is 67.0 Å². The molecule has 0 fully saturated rings. The SMILES string of the molecule is CC(C)(C)c1cc2c3c(c1)N(c1ccc(-c4ccccc4)cc1)c1cc(-n4c5ccc6ccccc6c5c5c6ccccc6ccc54)ccc1B3c1ccc(-n3c4ccc5ccccc5c4c4c5ccccc5ccc43)cc1N2c1ccc(-c2ccccc2)cc1. The summed E-state index contributed by atoms with van der Waals surface area (Å²) in [6, 6.07) is 114. The highest BCUT2D eigenvalue weighted by Crippen LogP contribution is 2.50. The monoisotopic (exact) mass is 1160 g/mol. The van der Waals surface area contributed by atoms with Crippen molar-refractivity contribution in [2.75, 3.05) is 9.80 Å². The van der Waals surface area contributed by atoms with E-state index < -0.39 is 0 Å². The standard InChI is InChI=1S/C86H59BN4/c1-86(2,3)62-50-79-85-80(51-62)89(64-40-32-57(33-41-64)55-20-8-5-9-21-55)78-53-66(91-75-48-36-60-24-12-16-28-69(60)83(75)84-70-29-17-13-25-61(70)37-49-76(84)91)43-45-72(78)87(85)71-44-42-65(52-77(71)88(79)63-38-30-56(31-39-63)54-18-6-4-7-19-54)90-73-46-34-58-22-10-14-26-67(58)81(73)82-68-27-15-11-23-59(68)35-47-74(82)90/h4-53H,1-3H3. The molecule has 0 unspecified atom stereocenters. The van der Waals surface area contributed by atoms with Crippen LogP contribution in [0.5, 0.6) is 0 Å². The van der Waals surface area contributed by atoms with Crippen molar-refractivity contribution in [2.24, 2.45) is 0 Å². The summed E-state index contributed by atoms with van der Waals surface area (Å²) in [5.74, 6) is 0. The van der Waals surface area contributed by atoms with Gasteiger partial charge in [0.1, 0.15) is 0 Å². The van der Waals surface area contributed by atoms with Gasteiger partial charge < -0.3 is 18.9 Å². The molecule has 4 nitrogen and oxygen atoms in total. The second kappa shape index (κ2) is 19.6. The zero-order valence-corrected chi connectivity index (χ0v) is 50.7. The minimum absolute atomic E-state index is 0.135. The molecule has 15 aromatic carbocycles. The predicted molar refractivity (Wildman–Crippen MR) is 389 cm³/mol. The molecule has 2 aromatic heterocycles. The van der Waals surface area contributed by atoms with Gasteiger partial charge in [-0.1, -0.05) is 239 Å². The lowest BCUT2D eigenvalue weighted by atomic mass is 9.33. The zero-order chi connectivity index (χ0) is 60.2. The lowest BCUT2D eigenvalue weighted by Crippen LogP contribution is -2.61. The van der Waals surface area contributed by atoms with Crippen molar-refractivity contribution in [1.82, 2.24) is 9.13 Å². The van der Waals surface area contributed by atoms with Gasteiger partial charge in [0.25, 0.3) is 6.71 Å². The Morgan fingerprint density at radius 2 is 0.571 bits per heavy atom. The maximum absolute atomic E-state index is 2.60. The van der Waals surface area contributed by atoms with E-state index in [2.05, 4.69) is 343 Å². The average molecular weight is 1160 g/mol. The number of aromatic nitrogens is 2. The molecule has 0 N–H and O–H groups in total. The van der Waals surface area contributed by atoms with Crippen LogP contribution in [0.25, 0.3) is 120 Å². The Bertz CT molecular complexity index is 5340. The molecule has 5 heteroatoms. The number of fused-ring (bicyclic) bond motifs is 18. The van der Waals surface area contributed by atoms with Gasteiger partial charge in [0.2, 0.25) is 0 Å². The Labute approximate surface area is 528 Å². The van der Waals surface area contributed by atoms with Gasteiger partial charge in [-0.3, -0.25) is 0 Å². The normalized spacial score (nSPS) is 12.9. The van der Waals surface area contributed by atoms with E-state index in [1.807, 2.05) is 0 Å². The molecular formula is C86H59BN4. The summed E-state index contributed by atoms with van der Waals surface area (Å²) in [6.07, 6.45) is 0. The largest absolute Gasteiger partial charge is 0.311 e. The third kappa shape index (κ3) is 7.71. The molecule has 0 radical (unpaired) electrons. The van der Waals surface area contributed by atoms with Crippen LogP contribution in [0, 0.1) is 0 Å². The third-order valence-electron chi connectivity index (χ3n) is 20.0. The fraction of sp³-hybridized carbons (Fsp3) is 0.0465. The van der Waals surface area contributed by atoms with E-state index in [4.69, 9.17) is 0 Å². The van der Waals surface area contributed by atoms with Gasteiger partial charge in [0.15, 0.2) is 0 Å². The van der Waals surface area contributed by atoms with Gasteiger partial charge >= 0.3 is 0 Å².